The Bertz CT molecular complexity index is 1290. The monoisotopic (exact) mass is 514 g/mol. The summed E-state index contributed by atoms with van der Waals surface area (Å²) in [6.07, 6.45) is 7.08. The Hall–Kier alpha value is -2.94. The Morgan fingerprint density at radius 2 is 1.70 bits per heavy atom. The molecule has 6 rings (SSSR count). The van der Waals surface area contributed by atoms with Crippen molar-refractivity contribution in [3.63, 3.8) is 0 Å². The molecule has 2 aliphatic rings. The lowest BCUT2D eigenvalue weighted by Crippen LogP contribution is -2.33. The summed E-state index contributed by atoms with van der Waals surface area (Å²) in [6, 6.07) is 20.9. The number of para-hydroxylation sites is 1. The molecule has 0 spiro atoms. The summed E-state index contributed by atoms with van der Waals surface area (Å²) in [5.41, 5.74) is 4.57. The third kappa shape index (κ3) is 5.51. The molecule has 0 amide bonds. The number of ether oxygens (including phenoxy) is 1. The van der Waals surface area contributed by atoms with E-state index in [2.05, 4.69) is 87.5 Å². The molecule has 2 aromatic carbocycles. The summed E-state index contributed by atoms with van der Waals surface area (Å²) in [7, 11) is 2.11. The van der Waals surface area contributed by atoms with Gasteiger partial charge >= 0.3 is 0 Å². The highest BCUT2D eigenvalue weighted by molar-refractivity contribution is 7.99. The second-order valence-corrected chi connectivity index (χ2v) is 11.0. The molecule has 0 bridgehead atoms. The zero-order valence-electron chi connectivity index (χ0n) is 21.4. The van der Waals surface area contributed by atoms with Gasteiger partial charge in [0.25, 0.3) is 0 Å². The van der Waals surface area contributed by atoms with Crippen molar-refractivity contribution >= 4 is 11.8 Å². The first kappa shape index (κ1) is 24.4. The van der Waals surface area contributed by atoms with Gasteiger partial charge in [-0.15, -0.1) is 10.2 Å². The summed E-state index contributed by atoms with van der Waals surface area (Å²) in [5.74, 6) is 2.54. The van der Waals surface area contributed by atoms with E-state index in [4.69, 9.17) is 9.84 Å². The zero-order valence-corrected chi connectivity index (χ0v) is 22.2. The number of aromatic nitrogens is 5. The fraction of sp³-hybridized carbons (Fsp3) is 0.414. The van der Waals surface area contributed by atoms with Gasteiger partial charge in [-0.1, -0.05) is 60.3 Å². The van der Waals surface area contributed by atoms with E-state index in [0.29, 0.717) is 12.0 Å². The van der Waals surface area contributed by atoms with Crippen LogP contribution in [0.2, 0.25) is 0 Å². The summed E-state index contributed by atoms with van der Waals surface area (Å²) >= 11 is 1.78. The van der Waals surface area contributed by atoms with E-state index in [1.54, 1.807) is 11.8 Å². The first-order valence-electron chi connectivity index (χ1n) is 13.3. The average Bonchev–Trinajstić information content (AvgIpc) is 3.70. The quantitative estimate of drug-likeness (QED) is 0.297. The number of likely N-dealkylation sites (tertiary alicyclic amines) is 1. The number of hydrogen-bond acceptors (Lipinski definition) is 6. The molecule has 2 fully saturated rings. The van der Waals surface area contributed by atoms with Crippen LogP contribution in [0.15, 0.2) is 72.0 Å². The molecule has 192 valence electrons. The summed E-state index contributed by atoms with van der Waals surface area (Å²) in [4.78, 5) is 2.55. The number of thioether (sulfide) groups is 1. The van der Waals surface area contributed by atoms with Crippen LogP contribution in [0.3, 0.4) is 0 Å². The van der Waals surface area contributed by atoms with Crippen molar-refractivity contribution in [2.75, 3.05) is 25.4 Å². The molecule has 0 N–H and O–H groups in total. The Labute approximate surface area is 222 Å². The number of hydrogen-bond donors (Lipinski definition) is 0. The van der Waals surface area contributed by atoms with Crippen molar-refractivity contribution in [1.82, 2.24) is 29.4 Å². The molecule has 0 radical (unpaired) electrons. The zero-order chi connectivity index (χ0) is 25.0. The number of rotatable bonds is 8. The van der Waals surface area contributed by atoms with E-state index in [9.17, 15) is 0 Å². The highest BCUT2D eigenvalue weighted by Crippen LogP contribution is 2.32. The van der Waals surface area contributed by atoms with Crippen molar-refractivity contribution in [3.05, 3.63) is 78.2 Å². The van der Waals surface area contributed by atoms with Crippen LogP contribution in [-0.2, 0) is 18.3 Å². The van der Waals surface area contributed by atoms with Gasteiger partial charge in [0.2, 0.25) is 0 Å². The maximum Gasteiger partial charge on any atom is 0.191 e. The normalized spacial score (nSPS) is 19.0. The van der Waals surface area contributed by atoms with Crippen LogP contribution in [-0.4, -0.2) is 61.0 Å². The third-order valence-electron chi connectivity index (χ3n) is 7.50. The highest BCUT2D eigenvalue weighted by Gasteiger charge is 2.27. The second kappa shape index (κ2) is 11.2. The molecule has 37 heavy (non-hydrogen) atoms. The molecule has 0 saturated carbocycles. The van der Waals surface area contributed by atoms with Crippen molar-refractivity contribution in [3.8, 4) is 16.9 Å². The predicted molar refractivity (Wildman–Crippen MR) is 147 cm³/mol. The average molecular weight is 515 g/mol. The first-order valence-corrected chi connectivity index (χ1v) is 14.3. The molecular weight excluding hydrogens is 480 g/mol. The fourth-order valence-corrected chi connectivity index (χ4v) is 6.40. The molecular formula is C29H34N6OS. The van der Waals surface area contributed by atoms with E-state index in [1.165, 1.54) is 12.0 Å². The van der Waals surface area contributed by atoms with Crippen molar-refractivity contribution < 1.29 is 4.74 Å². The number of benzene rings is 2. The Balaban J connectivity index is 1.12. The third-order valence-corrected chi connectivity index (χ3v) is 8.65. The van der Waals surface area contributed by atoms with Gasteiger partial charge < -0.3 is 9.30 Å². The van der Waals surface area contributed by atoms with Crippen molar-refractivity contribution in [2.45, 2.75) is 49.4 Å². The lowest BCUT2D eigenvalue weighted by atomic mass is 9.95. The molecule has 4 heterocycles. The van der Waals surface area contributed by atoms with Gasteiger partial charge in [-0.05, 0) is 50.9 Å². The second-order valence-electron chi connectivity index (χ2n) is 10.0. The molecule has 2 saturated heterocycles. The molecule has 1 atom stereocenters. The predicted octanol–water partition coefficient (Wildman–Crippen LogP) is 5.32. The Morgan fingerprint density at radius 3 is 2.43 bits per heavy atom. The van der Waals surface area contributed by atoms with E-state index in [0.717, 1.165) is 79.2 Å². The van der Waals surface area contributed by atoms with Crippen LogP contribution >= 0.6 is 11.8 Å². The van der Waals surface area contributed by atoms with Crippen LogP contribution in [0.25, 0.3) is 16.9 Å². The maximum absolute atomic E-state index is 5.77. The Morgan fingerprint density at radius 1 is 0.946 bits per heavy atom. The Kier molecular flexibility index (Phi) is 7.39. The fourth-order valence-electron chi connectivity index (χ4n) is 5.42. The number of nitrogens with zero attached hydrogens (tertiary/aromatic N) is 6. The molecule has 0 aliphatic carbocycles. The van der Waals surface area contributed by atoms with Gasteiger partial charge in [0.1, 0.15) is 5.82 Å². The minimum absolute atomic E-state index is 0.361. The first-order chi connectivity index (χ1) is 18.2. The van der Waals surface area contributed by atoms with Crippen LogP contribution in [0, 0.1) is 0 Å². The topological polar surface area (TPSA) is 61.0 Å². The molecule has 2 aromatic heterocycles. The van der Waals surface area contributed by atoms with Crippen molar-refractivity contribution in [1.29, 1.82) is 0 Å². The highest BCUT2D eigenvalue weighted by atomic mass is 32.2. The molecule has 7 nitrogen and oxygen atoms in total. The molecule has 8 heteroatoms. The van der Waals surface area contributed by atoms with Gasteiger partial charge in [-0.2, -0.15) is 5.10 Å². The lowest BCUT2D eigenvalue weighted by Gasteiger charge is -2.31. The van der Waals surface area contributed by atoms with Crippen LogP contribution in [0.5, 0.6) is 0 Å². The minimum atomic E-state index is 0.361. The maximum atomic E-state index is 5.77. The standard InChI is InChI=1S/C29H34N6OS/c1-33-28(30-31-29(33)37-21-26-13-8-18-36-26)23-14-16-34(17-15-23)19-24-20-35(25-11-6-3-7-12-25)32-27(24)22-9-4-2-5-10-22/h2-7,9-12,20,23,26H,8,13-19,21H2,1H3. The van der Waals surface area contributed by atoms with Gasteiger partial charge in [0.05, 0.1) is 17.5 Å². The van der Waals surface area contributed by atoms with E-state index < -0.39 is 0 Å². The SMILES string of the molecule is Cn1c(SCC2CCCO2)nnc1C1CCN(Cc2cn(-c3ccccc3)nc2-c2ccccc2)CC1. The summed E-state index contributed by atoms with van der Waals surface area (Å²) in [5, 5.41) is 15.1. The van der Waals surface area contributed by atoms with Crippen LogP contribution in [0.4, 0.5) is 0 Å². The van der Waals surface area contributed by atoms with Crippen LogP contribution in [0.1, 0.15) is 43.0 Å². The van der Waals surface area contributed by atoms with E-state index >= 15 is 0 Å². The summed E-state index contributed by atoms with van der Waals surface area (Å²) < 4.78 is 9.99. The van der Waals surface area contributed by atoms with E-state index in [1.807, 2.05) is 10.7 Å². The largest absolute Gasteiger partial charge is 0.377 e. The van der Waals surface area contributed by atoms with Crippen LogP contribution < -0.4 is 0 Å². The smallest absolute Gasteiger partial charge is 0.191 e. The molecule has 2 aliphatic heterocycles. The minimum Gasteiger partial charge on any atom is -0.377 e. The van der Waals surface area contributed by atoms with E-state index in [-0.39, 0.29) is 0 Å². The van der Waals surface area contributed by atoms with Crippen molar-refractivity contribution in [2.24, 2.45) is 7.05 Å². The number of piperidine rings is 1. The molecule has 4 aromatic rings. The van der Waals surface area contributed by atoms with Gasteiger partial charge in [0, 0.05) is 49.2 Å². The van der Waals surface area contributed by atoms with Gasteiger partial charge in [0.15, 0.2) is 5.16 Å². The summed E-state index contributed by atoms with van der Waals surface area (Å²) in [6.45, 7) is 3.88. The lowest BCUT2D eigenvalue weighted by molar-refractivity contribution is 0.129. The van der Waals surface area contributed by atoms with Gasteiger partial charge in [-0.3, -0.25) is 4.90 Å². The van der Waals surface area contributed by atoms with Gasteiger partial charge in [-0.25, -0.2) is 4.68 Å². The molecule has 1 unspecified atom stereocenters.